The first-order valence-corrected chi connectivity index (χ1v) is 7.17. The van der Waals surface area contributed by atoms with Gasteiger partial charge in [-0.1, -0.05) is 13.8 Å². The standard InChI is InChI=1S/C15H22N2O3/c1-11(2)9-16(10-14(18)19)15(20)13-7-4-8-17(13)12-5-3-6-12/h4,7-8,11-12H,3,5-6,9-10H2,1-2H3,(H,18,19). The first kappa shape index (κ1) is 14.6. The highest BCUT2D eigenvalue weighted by atomic mass is 16.4. The molecule has 1 aromatic rings. The summed E-state index contributed by atoms with van der Waals surface area (Å²) in [6, 6.07) is 4.05. The zero-order valence-corrected chi connectivity index (χ0v) is 12.1. The zero-order valence-electron chi connectivity index (χ0n) is 12.1. The first-order chi connectivity index (χ1) is 9.49. The molecule has 20 heavy (non-hydrogen) atoms. The highest BCUT2D eigenvalue weighted by Gasteiger charge is 2.26. The van der Waals surface area contributed by atoms with Crippen molar-refractivity contribution in [3.8, 4) is 0 Å². The summed E-state index contributed by atoms with van der Waals surface area (Å²) in [6.45, 7) is 4.17. The third kappa shape index (κ3) is 3.21. The quantitative estimate of drug-likeness (QED) is 0.869. The molecule has 1 fully saturated rings. The van der Waals surface area contributed by atoms with E-state index in [0.29, 0.717) is 18.3 Å². The lowest BCUT2D eigenvalue weighted by atomic mass is 9.93. The lowest BCUT2D eigenvalue weighted by Crippen LogP contribution is -2.39. The number of hydrogen-bond donors (Lipinski definition) is 1. The molecule has 0 bridgehead atoms. The Morgan fingerprint density at radius 3 is 2.65 bits per heavy atom. The predicted molar refractivity (Wildman–Crippen MR) is 75.7 cm³/mol. The van der Waals surface area contributed by atoms with Crippen LogP contribution < -0.4 is 0 Å². The largest absolute Gasteiger partial charge is 0.480 e. The van der Waals surface area contributed by atoms with Crippen LogP contribution in [0, 0.1) is 5.92 Å². The fourth-order valence-corrected chi connectivity index (χ4v) is 2.54. The van der Waals surface area contributed by atoms with E-state index in [0.717, 1.165) is 12.8 Å². The van der Waals surface area contributed by atoms with Crippen LogP contribution in [0.2, 0.25) is 0 Å². The molecule has 5 nitrogen and oxygen atoms in total. The van der Waals surface area contributed by atoms with Crippen LogP contribution in [0.15, 0.2) is 18.3 Å². The van der Waals surface area contributed by atoms with E-state index < -0.39 is 5.97 Å². The Labute approximate surface area is 119 Å². The van der Waals surface area contributed by atoms with E-state index >= 15 is 0 Å². The van der Waals surface area contributed by atoms with Crippen LogP contribution in [-0.4, -0.2) is 39.5 Å². The maximum atomic E-state index is 12.6. The number of carboxylic acid groups (broad SMARTS) is 1. The normalized spacial score (nSPS) is 15.2. The summed E-state index contributed by atoms with van der Waals surface area (Å²) in [5, 5.41) is 8.98. The van der Waals surface area contributed by atoms with Gasteiger partial charge in [0.25, 0.3) is 5.91 Å². The van der Waals surface area contributed by atoms with E-state index in [1.54, 1.807) is 6.07 Å². The molecule has 1 aliphatic rings. The highest BCUT2D eigenvalue weighted by Crippen LogP contribution is 2.33. The predicted octanol–water partition coefficient (Wildman–Crippen LogP) is 2.40. The SMILES string of the molecule is CC(C)CN(CC(=O)O)C(=O)c1cccn1C1CCC1. The maximum Gasteiger partial charge on any atom is 0.323 e. The zero-order chi connectivity index (χ0) is 14.7. The minimum absolute atomic E-state index is 0.182. The molecule has 0 saturated heterocycles. The third-order valence-electron chi connectivity index (χ3n) is 3.67. The van der Waals surface area contributed by atoms with E-state index in [2.05, 4.69) is 0 Å². The molecule has 1 aromatic heterocycles. The van der Waals surface area contributed by atoms with Crippen molar-refractivity contribution in [2.24, 2.45) is 5.92 Å². The fraction of sp³-hybridized carbons (Fsp3) is 0.600. The number of aliphatic carboxylic acids is 1. The number of aromatic nitrogens is 1. The Morgan fingerprint density at radius 1 is 1.45 bits per heavy atom. The first-order valence-electron chi connectivity index (χ1n) is 7.17. The molecule has 2 rings (SSSR count). The summed E-state index contributed by atoms with van der Waals surface area (Å²) in [5.41, 5.74) is 0.608. The molecule has 0 unspecified atom stereocenters. The molecule has 5 heteroatoms. The Balaban J connectivity index is 2.17. The molecule has 0 radical (unpaired) electrons. The molecule has 110 valence electrons. The Hall–Kier alpha value is -1.78. The van der Waals surface area contributed by atoms with Gasteiger partial charge in [-0.15, -0.1) is 0 Å². The van der Waals surface area contributed by atoms with E-state index in [4.69, 9.17) is 5.11 Å². The van der Waals surface area contributed by atoms with E-state index in [-0.39, 0.29) is 18.4 Å². The minimum Gasteiger partial charge on any atom is -0.480 e. The minimum atomic E-state index is -0.972. The molecular weight excluding hydrogens is 256 g/mol. The second-order valence-electron chi connectivity index (χ2n) is 5.86. The van der Waals surface area contributed by atoms with Crippen LogP contribution in [0.25, 0.3) is 0 Å². The van der Waals surface area contributed by atoms with Crippen LogP contribution in [0.5, 0.6) is 0 Å². The third-order valence-corrected chi connectivity index (χ3v) is 3.67. The number of carbonyl (C=O) groups is 2. The smallest absolute Gasteiger partial charge is 0.323 e. The number of hydrogen-bond acceptors (Lipinski definition) is 2. The second-order valence-corrected chi connectivity index (χ2v) is 5.86. The number of rotatable bonds is 6. The van der Waals surface area contributed by atoms with Crippen molar-refractivity contribution in [1.29, 1.82) is 0 Å². The van der Waals surface area contributed by atoms with E-state index in [1.807, 2.05) is 30.7 Å². The van der Waals surface area contributed by atoms with Crippen molar-refractivity contribution in [3.05, 3.63) is 24.0 Å². The summed E-state index contributed by atoms with van der Waals surface area (Å²) in [6.07, 6.45) is 5.31. The highest BCUT2D eigenvalue weighted by molar-refractivity contribution is 5.94. The van der Waals surface area contributed by atoms with Crippen molar-refractivity contribution in [2.45, 2.75) is 39.2 Å². The van der Waals surface area contributed by atoms with Gasteiger partial charge in [-0.05, 0) is 37.3 Å². The summed E-state index contributed by atoms with van der Waals surface area (Å²) >= 11 is 0. The average molecular weight is 278 g/mol. The van der Waals surface area contributed by atoms with Gasteiger partial charge < -0.3 is 14.6 Å². The van der Waals surface area contributed by atoms with Crippen molar-refractivity contribution in [3.63, 3.8) is 0 Å². The Bertz CT molecular complexity index is 489. The molecule has 0 aliphatic heterocycles. The summed E-state index contributed by atoms with van der Waals surface area (Å²) in [4.78, 5) is 25.0. The molecule has 0 atom stereocenters. The lowest BCUT2D eigenvalue weighted by molar-refractivity contribution is -0.137. The van der Waals surface area contributed by atoms with Crippen LogP contribution >= 0.6 is 0 Å². The van der Waals surface area contributed by atoms with Crippen molar-refractivity contribution in [1.82, 2.24) is 9.47 Å². The van der Waals surface area contributed by atoms with E-state index in [1.165, 1.54) is 11.3 Å². The average Bonchev–Trinajstić information content (AvgIpc) is 2.72. The van der Waals surface area contributed by atoms with Gasteiger partial charge in [0.2, 0.25) is 0 Å². The molecule has 1 N–H and O–H groups in total. The van der Waals surface area contributed by atoms with Crippen molar-refractivity contribution < 1.29 is 14.7 Å². The number of carboxylic acids is 1. The van der Waals surface area contributed by atoms with Gasteiger partial charge in [0.1, 0.15) is 12.2 Å². The Morgan fingerprint density at radius 2 is 2.15 bits per heavy atom. The van der Waals surface area contributed by atoms with Crippen LogP contribution in [0.3, 0.4) is 0 Å². The topological polar surface area (TPSA) is 62.5 Å². The van der Waals surface area contributed by atoms with Gasteiger partial charge in [-0.2, -0.15) is 0 Å². The number of carbonyl (C=O) groups excluding carboxylic acids is 1. The van der Waals surface area contributed by atoms with Crippen LogP contribution in [-0.2, 0) is 4.79 Å². The van der Waals surface area contributed by atoms with Gasteiger partial charge >= 0.3 is 5.97 Å². The van der Waals surface area contributed by atoms with Crippen LogP contribution in [0.4, 0.5) is 0 Å². The molecule has 1 amide bonds. The molecule has 1 aliphatic carbocycles. The molecule has 1 heterocycles. The van der Waals surface area contributed by atoms with Gasteiger partial charge in [-0.3, -0.25) is 9.59 Å². The molecule has 0 aromatic carbocycles. The second kappa shape index (κ2) is 6.11. The van der Waals surface area contributed by atoms with Crippen molar-refractivity contribution >= 4 is 11.9 Å². The Kier molecular flexibility index (Phi) is 4.47. The molecular formula is C15H22N2O3. The fourth-order valence-electron chi connectivity index (χ4n) is 2.54. The van der Waals surface area contributed by atoms with Gasteiger partial charge in [0.15, 0.2) is 0 Å². The van der Waals surface area contributed by atoms with Gasteiger partial charge in [-0.25, -0.2) is 0 Å². The van der Waals surface area contributed by atoms with Gasteiger partial charge in [0, 0.05) is 18.8 Å². The maximum absolute atomic E-state index is 12.6. The van der Waals surface area contributed by atoms with Crippen molar-refractivity contribution in [2.75, 3.05) is 13.1 Å². The summed E-state index contributed by atoms with van der Waals surface area (Å²) in [7, 11) is 0. The number of nitrogens with zero attached hydrogens (tertiary/aromatic N) is 2. The van der Waals surface area contributed by atoms with Gasteiger partial charge in [0.05, 0.1) is 0 Å². The lowest BCUT2D eigenvalue weighted by Gasteiger charge is -2.30. The molecule has 0 spiro atoms. The molecule has 1 saturated carbocycles. The summed E-state index contributed by atoms with van der Waals surface area (Å²) in [5.74, 6) is -0.913. The monoisotopic (exact) mass is 278 g/mol. The summed E-state index contributed by atoms with van der Waals surface area (Å²) < 4.78 is 2.00. The van der Waals surface area contributed by atoms with Crippen LogP contribution in [0.1, 0.15) is 49.6 Å². The van der Waals surface area contributed by atoms with E-state index in [9.17, 15) is 9.59 Å². The number of amides is 1.